The average Bonchev–Trinajstić information content (AvgIpc) is 2.89. The molecule has 2 rings (SSSR count). The van der Waals surface area contributed by atoms with E-state index in [1.165, 1.54) is 24.5 Å². The van der Waals surface area contributed by atoms with Crippen molar-refractivity contribution in [3.05, 3.63) is 42.2 Å². The van der Waals surface area contributed by atoms with Crippen LogP contribution in [-0.4, -0.2) is 34.4 Å². The molecule has 100 valence electrons. The van der Waals surface area contributed by atoms with Crippen molar-refractivity contribution < 1.29 is 18.3 Å². The van der Waals surface area contributed by atoms with Crippen molar-refractivity contribution in [1.82, 2.24) is 9.19 Å². The molecule has 6 nitrogen and oxygen atoms in total. The average molecular weight is 280 g/mol. The maximum Gasteiger partial charge on any atom is 0.335 e. The summed E-state index contributed by atoms with van der Waals surface area (Å²) < 4.78 is 24.1. The standard InChI is InChI=1S/C12H12N2O4S/c1-2-19(17,18)14-8-11(7-13-14)9-3-5-10(6-4-9)12(15)16/h3-8H,2H2,1H3,(H,15,16). The lowest BCUT2D eigenvalue weighted by atomic mass is 10.1. The van der Waals surface area contributed by atoms with Gasteiger partial charge in [-0.05, 0) is 24.6 Å². The third-order valence-electron chi connectivity index (χ3n) is 2.68. The van der Waals surface area contributed by atoms with Crippen molar-refractivity contribution in [2.75, 3.05) is 5.75 Å². The lowest BCUT2D eigenvalue weighted by Crippen LogP contribution is -2.14. The SMILES string of the molecule is CCS(=O)(=O)n1cc(-c2ccc(C(=O)O)cc2)cn1. The van der Waals surface area contributed by atoms with Gasteiger partial charge in [0.2, 0.25) is 0 Å². The predicted molar refractivity (Wildman–Crippen MR) is 69.5 cm³/mol. The molecule has 0 spiro atoms. The highest BCUT2D eigenvalue weighted by molar-refractivity contribution is 7.89. The van der Waals surface area contributed by atoms with Crippen LogP contribution in [0.1, 0.15) is 17.3 Å². The minimum absolute atomic E-state index is 0.0356. The van der Waals surface area contributed by atoms with Crippen molar-refractivity contribution in [3.63, 3.8) is 0 Å². The van der Waals surface area contributed by atoms with E-state index in [1.54, 1.807) is 19.1 Å². The molecule has 1 N–H and O–H groups in total. The number of hydrogen-bond acceptors (Lipinski definition) is 4. The van der Waals surface area contributed by atoms with Crippen molar-refractivity contribution >= 4 is 16.0 Å². The smallest absolute Gasteiger partial charge is 0.335 e. The van der Waals surface area contributed by atoms with Crippen LogP contribution in [0.15, 0.2) is 36.7 Å². The van der Waals surface area contributed by atoms with Crippen LogP contribution in [0.5, 0.6) is 0 Å². The number of carboxylic acid groups (broad SMARTS) is 1. The highest BCUT2D eigenvalue weighted by atomic mass is 32.2. The topological polar surface area (TPSA) is 89.3 Å². The van der Waals surface area contributed by atoms with Crippen molar-refractivity contribution in [1.29, 1.82) is 0 Å². The quantitative estimate of drug-likeness (QED) is 0.915. The van der Waals surface area contributed by atoms with E-state index >= 15 is 0 Å². The predicted octanol–water partition coefficient (Wildman–Crippen LogP) is 1.45. The molecule has 0 aliphatic heterocycles. The van der Waals surface area contributed by atoms with Crippen LogP contribution in [0.3, 0.4) is 0 Å². The summed E-state index contributed by atoms with van der Waals surface area (Å²) in [5.41, 5.74) is 1.51. The maximum atomic E-state index is 11.6. The van der Waals surface area contributed by atoms with E-state index in [2.05, 4.69) is 5.10 Å². The number of benzene rings is 1. The van der Waals surface area contributed by atoms with Gasteiger partial charge < -0.3 is 5.11 Å². The zero-order chi connectivity index (χ0) is 14.0. The van der Waals surface area contributed by atoms with Gasteiger partial charge in [0.25, 0.3) is 10.0 Å². The molecule has 0 saturated carbocycles. The Hall–Kier alpha value is -2.15. The van der Waals surface area contributed by atoms with Crippen LogP contribution in [0.2, 0.25) is 0 Å². The summed E-state index contributed by atoms with van der Waals surface area (Å²) in [5, 5.41) is 12.6. The monoisotopic (exact) mass is 280 g/mol. The molecule has 0 bridgehead atoms. The molecule has 7 heteroatoms. The molecule has 0 atom stereocenters. The van der Waals surface area contributed by atoms with Crippen LogP contribution in [-0.2, 0) is 10.0 Å². The van der Waals surface area contributed by atoms with Crippen molar-refractivity contribution in [3.8, 4) is 11.1 Å². The van der Waals surface area contributed by atoms with E-state index in [0.29, 0.717) is 11.1 Å². The second kappa shape index (κ2) is 4.85. The molecule has 19 heavy (non-hydrogen) atoms. The Balaban J connectivity index is 2.36. The minimum Gasteiger partial charge on any atom is -0.478 e. The van der Waals surface area contributed by atoms with Gasteiger partial charge in [-0.15, -0.1) is 0 Å². The number of nitrogens with zero attached hydrogens (tertiary/aromatic N) is 2. The summed E-state index contributed by atoms with van der Waals surface area (Å²) >= 11 is 0. The number of rotatable bonds is 4. The number of aromatic nitrogens is 2. The fourth-order valence-electron chi connectivity index (χ4n) is 1.54. The molecule has 2 aromatic rings. The molecule has 0 aliphatic rings. The molecule has 1 heterocycles. The molecule has 0 aliphatic carbocycles. The molecular weight excluding hydrogens is 268 g/mol. The number of aromatic carboxylic acids is 1. The van der Waals surface area contributed by atoms with Crippen molar-refractivity contribution in [2.24, 2.45) is 0 Å². The van der Waals surface area contributed by atoms with E-state index in [1.807, 2.05) is 0 Å². The molecular formula is C12H12N2O4S. The van der Waals surface area contributed by atoms with Gasteiger partial charge in [-0.3, -0.25) is 0 Å². The Bertz CT molecular complexity index is 702. The molecule has 0 amide bonds. The maximum absolute atomic E-state index is 11.6. The first kappa shape index (κ1) is 13.3. The fraction of sp³-hybridized carbons (Fsp3) is 0.167. The summed E-state index contributed by atoms with van der Waals surface area (Å²) in [6.07, 6.45) is 2.84. The van der Waals surface area contributed by atoms with Gasteiger partial charge in [-0.1, -0.05) is 12.1 Å². The van der Waals surface area contributed by atoms with E-state index < -0.39 is 16.0 Å². The summed E-state index contributed by atoms with van der Waals surface area (Å²) in [6.45, 7) is 1.54. The zero-order valence-corrected chi connectivity index (χ0v) is 11.0. The van der Waals surface area contributed by atoms with Gasteiger partial charge in [0, 0.05) is 5.56 Å². The number of carbonyl (C=O) groups is 1. The third-order valence-corrected chi connectivity index (χ3v) is 4.17. The molecule has 1 aromatic heterocycles. The summed E-state index contributed by atoms with van der Waals surface area (Å²) in [5.74, 6) is -1.04. The largest absolute Gasteiger partial charge is 0.478 e. The number of carboxylic acids is 1. The molecule has 0 radical (unpaired) electrons. The van der Waals surface area contributed by atoms with E-state index in [4.69, 9.17) is 5.11 Å². The highest BCUT2D eigenvalue weighted by Crippen LogP contribution is 2.19. The molecule has 0 fully saturated rings. The second-order valence-corrected chi connectivity index (χ2v) is 6.00. The van der Waals surface area contributed by atoms with Crippen molar-refractivity contribution in [2.45, 2.75) is 6.92 Å². The fourth-order valence-corrected chi connectivity index (χ4v) is 2.27. The lowest BCUT2D eigenvalue weighted by molar-refractivity contribution is 0.0697. The Kier molecular flexibility index (Phi) is 3.39. The van der Waals surface area contributed by atoms with Gasteiger partial charge in [0.1, 0.15) is 0 Å². The second-order valence-electron chi connectivity index (χ2n) is 3.88. The molecule has 0 saturated heterocycles. The summed E-state index contributed by atoms with van der Waals surface area (Å²) in [7, 11) is -3.40. The zero-order valence-electron chi connectivity index (χ0n) is 10.1. The van der Waals surface area contributed by atoms with Gasteiger partial charge in [-0.2, -0.15) is 9.19 Å². The first-order valence-electron chi connectivity index (χ1n) is 5.55. The summed E-state index contributed by atoms with van der Waals surface area (Å²) in [6, 6.07) is 6.15. The van der Waals surface area contributed by atoms with E-state index in [-0.39, 0.29) is 11.3 Å². The van der Waals surface area contributed by atoms with Crippen LogP contribution < -0.4 is 0 Å². The van der Waals surface area contributed by atoms with E-state index in [0.717, 1.165) is 4.09 Å². The third kappa shape index (κ3) is 2.65. The van der Waals surface area contributed by atoms with Crippen LogP contribution in [0.4, 0.5) is 0 Å². The Morgan fingerprint density at radius 3 is 2.42 bits per heavy atom. The molecule has 0 unspecified atom stereocenters. The first-order chi connectivity index (χ1) is 8.94. The Labute approximate surface area is 110 Å². The Morgan fingerprint density at radius 1 is 1.26 bits per heavy atom. The van der Waals surface area contributed by atoms with Crippen LogP contribution in [0, 0.1) is 0 Å². The van der Waals surface area contributed by atoms with Gasteiger partial charge in [-0.25, -0.2) is 13.2 Å². The minimum atomic E-state index is -3.40. The first-order valence-corrected chi connectivity index (χ1v) is 7.16. The van der Waals surface area contributed by atoms with Crippen LogP contribution >= 0.6 is 0 Å². The Morgan fingerprint density at radius 2 is 1.89 bits per heavy atom. The van der Waals surface area contributed by atoms with Crippen LogP contribution in [0.25, 0.3) is 11.1 Å². The normalized spacial score (nSPS) is 11.4. The number of hydrogen-bond donors (Lipinski definition) is 1. The lowest BCUT2D eigenvalue weighted by Gasteiger charge is -2.00. The molecule has 1 aromatic carbocycles. The van der Waals surface area contributed by atoms with Gasteiger partial charge in [0.15, 0.2) is 0 Å². The van der Waals surface area contributed by atoms with Gasteiger partial charge >= 0.3 is 5.97 Å². The van der Waals surface area contributed by atoms with E-state index in [9.17, 15) is 13.2 Å². The highest BCUT2D eigenvalue weighted by Gasteiger charge is 2.12. The van der Waals surface area contributed by atoms with Gasteiger partial charge in [0.05, 0.1) is 23.7 Å². The summed E-state index contributed by atoms with van der Waals surface area (Å²) in [4.78, 5) is 10.7.